The molecular formula is C24H21ClN4OS. The second-order valence-corrected chi connectivity index (χ2v) is 8.21. The molecule has 1 N–H and O–H groups in total. The van der Waals surface area contributed by atoms with E-state index in [1.807, 2.05) is 83.4 Å². The molecule has 4 rings (SSSR count). The van der Waals surface area contributed by atoms with Gasteiger partial charge >= 0.3 is 0 Å². The molecule has 7 heteroatoms. The van der Waals surface area contributed by atoms with E-state index in [2.05, 4.69) is 22.4 Å². The largest absolute Gasteiger partial charge is 0.325 e. The van der Waals surface area contributed by atoms with Crippen LogP contribution < -0.4 is 5.32 Å². The summed E-state index contributed by atoms with van der Waals surface area (Å²) in [5, 5.41) is 13.1. The highest BCUT2D eigenvalue weighted by atomic mass is 35.5. The van der Waals surface area contributed by atoms with Crippen molar-refractivity contribution >= 4 is 35.0 Å². The van der Waals surface area contributed by atoms with Crippen LogP contribution in [0.1, 0.15) is 12.5 Å². The number of amides is 1. The molecule has 1 heterocycles. The fourth-order valence-electron chi connectivity index (χ4n) is 3.23. The van der Waals surface area contributed by atoms with Crippen molar-refractivity contribution < 1.29 is 4.79 Å². The molecule has 3 aromatic carbocycles. The number of hydrogen-bond donors (Lipinski definition) is 1. The molecule has 0 radical (unpaired) electrons. The Morgan fingerprint density at radius 1 is 0.968 bits per heavy atom. The maximum Gasteiger partial charge on any atom is 0.234 e. The van der Waals surface area contributed by atoms with Gasteiger partial charge in [-0.3, -0.25) is 9.36 Å². The highest BCUT2D eigenvalue weighted by Gasteiger charge is 2.17. The number of nitrogens with zero attached hydrogens (tertiary/aromatic N) is 3. The molecule has 0 unspecified atom stereocenters. The first-order valence-corrected chi connectivity index (χ1v) is 11.3. The molecule has 31 heavy (non-hydrogen) atoms. The third-order valence-electron chi connectivity index (χ3n) is 4.75. The van der Waals surface area contributed by atoms with Gasteiger partial charge in [0.15, 0.2) is 11.0 Å². The minimum Gasteiger partial charge on any atom is -0.325 e. The molecule has 0 saturated carbocycles. The summed E-state index contributed by atoms with van der Waals surface area (Å²) in [6.07, 6.45) is 0.856. The number of halogens is 1. The van der Waals surface area contributed by atoms with Crippen LogP contribution in [0.25, 0.3) is 17.1 Å². The third-order valence-corrected chi connectivity index (χ3v) is 5.94. The van der Waals surface area contributed by atoms with Crippen LogP contribution in [0, 0.1) is 0 Å². The zero-order chi connectivity index (χ0) is 21.6. The molecule has 0 saturated heterocycles. The van der Waals surface area contributed by atoms with Crippen LogP contribution in [0.5, 0.6) is 0 Å². The number of nitrogens with one attached hydrogen (secondary N) is 1. The van der Waals surface area contributed by atoms with E-state index in [-0.39, 0.29) is 11.7 Å². The lowest BCUT2D eigenvalue weighted by Crippen LogP contribution is -2.15. The summed E-state index contributed by atoms with van der Waals surface area (Å²) in [7, 11) is 0. The van der Waals surface area contributed by atoms with Gasteiger partial charge in [0.1, 0.15) is 0 Å². The predicted molar refractivity (Wildman–Crippen MR) is 127 cm³/mol. The Balaban J connectivity index is 1.59. The molecule has 1 aromatic heterocycles. The lowest BCUT2D eigenvalue weighted by Gasteiger charge is -2.11. The van der Waals surface area contributed by atoms with E-state index < -0.39 is 0 Å². The van der Waals surface area contributed by atoms with Crippen LogP contribution in [0.3, 0.4) is 0 Å². The summed E-state index contributed by atoms with van der Waals surface area (Å²) < 4.78 is 1.95. The minimum absolute atomic E-state index is 0.0854. The van der Waals surface area contributed by atoms with Crippen LogP contribution in [-0.4, -0.2) is 26.4 Å². The van der Waals surface area contributed by atoms with Crippen molar-refractivity contribution in [2.24, 2.45) is 0 Å². The summed E-state index contributed by atoms with van der Waals surface area (Å²) in [6, 6.07) is 25.2. The van der Waals surface area contributed by atoms with Crippen molar-refractivity contribution in [3.63, 3.8) is 0 Å². The number of aryl methyl sites for hydroxylation is 1. The van der Waals surface area contributed by atoms with Crippen LogP contribution in [0.2, 0.25) is 5.02 Å². The van der Waals surface area contributed by atoms with Crippen molar-refractivity contribution in [1.29, 1.82) is 0 Å². The van der Waals surface area contributed by atoms with Gasteiger partial charge < -0.3 is 5.32 Å². The van der Waals surface area contributed by atoms with E-state index in [9.17, 15) is 4.79 Å². The first-order chi connectivity index (χ1) is 15.2. The van der Waals surface area contributed by atoms with Gasteiger partial charge in [0.05, 0.1) is 5.75 Å². The molecule has 5 nitrogen and oxygen atoms in total. The topological polar surface area (TPSA) is 59.8 Å². The first-order valence-electron chi connectivity index (χ1n) is 9.93. The van der Waals surface area contributed by atoms with E-state index >= 15 is 0 Å². The maximum absolute atomic E-state index is 12.6. The Hall–Kier alpha value is -3.09. The Morgan fingerprint density at radius 3 is 2.42 bits per heavy atom. The molecule has 0 spiro atoms. The zero-order valence-corrected chi connectivity index (χ0v) is 18.5. The van der Waals surface area contributed by atoms with Gasteiger partial charge in [0, 0.05) is 22.0 Å². The Morgan fingerprint density at radius 2 is 1.68 bits per heavy atom. The summed E-state index contributed by atoms with van der Waals surface area (Å²) in [5.41, 5.74) is 3.78. The van der Waals surface area contributed by atoms with Gasteiger partial charge in [-0.2, -0.15) is 0 Å². The SMILES string of the molecule is CCc1ccccc1NC(=O)CSc1nnc(-c2ccccc2)n1-c1ccc(Cl)cc1. The number of carbonyl (C=O) groups is 1. The monoisotopic (exact) mass is 448 g/mol. The third kappa shape index (κ3) is 4.98. The molecule has 0 fully saturated rings. The number of anilines is 1. The van der Waals surface area contributed by atoms with Gasteiger partial charge in [-0.15, -0.1) is 10.2 Å². The number of aromatic nitrogens is 3. The van der Waals surface area contributed by atoms with E-state index in [1.165, 1.54) is 11.8 Å². The summed E-state index contributed by atoms with van der Waals surface area (Å²) in [4.78, 5) is 12.6. The number of benzene rings is 3. The standard InChI is InChI=1S/C24H21ClN4OS/c1-2-17-8-6-7-11-21(17)26-22(30)16-31-24-28-27-23(18-9-4-3-5-10-18)29(24)20-14-12-19(25)13-15-20/h3-15H,2,16H2,1H3,(H,26,30). The van der Waals surface area contributed by atoms with Crippen molar-refractivity contribution in [2.75, 3.05) is 11.1 Å². The van der Waals surface area contributed by atoms with Gasteiger partial charge in [-0.05, 0) is 42.3 Å². The molecule has 4 aromatic rings. The highest BCUT2D eigenvalue weighted by Crippen LogP contribution is 2.28. The average Bonchev–Trinajstić information content (AvgIpc) is 3.23. The summed E-state index contributed by atoms with van der Waals surface area (Å²) >= 11 is 7.42. The average molecular weight is 449 g/mol. The highest BCUT2D eigenvalue weighted by molar-refractivity contribution is 7.99. The lowest BCUT2D eigenvalue weighted by molar-refractivity contribution is -0.113. The lowest BCUT2D eigenvalue weighted by atomic mass is 10.1. The van der Waals surface area contributed by atoms with Crippen LogP contribution in [0.15, 0.2) is 84.0 Å². The molecule has 0 aliphatic carbocycles. The molecular weight excluding hydrogens is 428 g/mol. The zero-order valence-electron chi connectivity index (χ0n) is 17.0. The molecule has 156 valence electrons. The van der Waals surface area contributed by atoms with Crippen LogP contribution in [0.4, 0.5) is 5.69 Å². The van der Waals surface area contributed by atoms with Crippen molar-refractivity contribution in [2.45, 2.75) is 18.5 Å². The van der Waals surface area contributed by atoms with Crippen LogP contribution in [-0.2, 0) is 11.2 Å². The van der Waals surface area contributed by atoms with E-state index in [1.54, 1.807) is 0 Å². The quantitative estimate of drug-likeness (QED) is 0.358. The molecule has 0 aliphatic rings. The smallest absolute Gasteiger partial charge is 0.234 e. The maximum atomic E-state index is 12.6. The van der Waals surface area contributed by atoms with E-state index in [0.29, 0.717) is 16.0 Å². The Bertz CT molecular complexity index is 1180. The second kappa shape index (κ2) is 9.81. The number of rotatable bonds is 7. The van der Waals surface area contributed by atoms with Gasteiger partial charge in [0.25, 0.3) is 0 Å². The Kier molecular flexibility index (Phi) is 6.70. The Labute approximate surface area is 190 Å². The van der Waals surface area contributed by atoms with Crippen molar-refractivity contribution in [3.8, 4) is 17.1 Å². The fraction of sp³-hybridized carbons (Fsp3) is 0.125. The van der Waals surface area contributed by atoms with Gasteiger partial charge in [0.2, 0.25) is 5.91 Å². The normalized spacial score (nSPS) is 10.8. The van der Waals surface area contributed by atoms with Crippen molar-refractivity contribution in [3.05, 3.63) is 89.4 Å². The molecule has 0 aliphatic heterocycles. The molecule has 0 atom stereocenters. The number of hydrogen-bond acceptors (Lipinski definition) is 4. The van der Waals surface area contributed by atoms with Crippen LogP contribution >= 0.6 is 23.4 Å². The molecule has 1 amide bonds. The van der Waals surface area contributed by atoms with E-state index in [4.69, 9.17) is 11.6 Å². The number of thioether (sulfide) groups is 1. The first kappa shape index (κ1) is 21.2. The van der Waals surface area contributed by atoms with E-state index in [0.717, 1.165) is 28.9 Å². The second-order valence-electron chi connectivity index (χ2n) is 6.83. The number of carbonyl (C=O) groups excluding carboxylic acids is 1. The fourth-order valence-corrected chi connectivity index (χ4v) is 4.11. The molecule has 0 bridgehead atoms. The van der Waals surface area contributed by atoms with Crippen molar-refractivity contribution in [1.82, 2.24) is 14.8 Å². The summed E-state index contributed by atoms with van der Waals surface area (Å²) in [5.74, 6) is 0.846. The summed E-state index contributed by atoms with van der Waals surface area (Å²) in [6.45, 7) is 2.07. The van der Waals surface area contributed by atoms with Gasteiger partial charge in [-0.25, -0.2) is 0 Å². The van der Waals surface area contributed by atoms with Gasteiger partial charge in [-0.1, -0.05) is 78.8 Å². The number of para-hydroxylation sites is 1. The minimum atomic E-state index is -0.0854. The predicted octanol–water partition coefficient (Wildman–Crippen LogP) is 5.88.